The number of nitrogens with one attached hydrogen (secondary N) is 1. The largest absolute Gasteiger partial charge is 0.353 e. The van der Waals surface area contributed by atoms with E-state index in [1.165, 1.54) is 35.2 Å². The number of halogens is 2. The predicted octanol–water partition coefficient (Wildman–Crippen LogP) is 4.71. The number of benzene rings is 2. The Morgan fingerprint density at radius 2 is 1.96 bits per heavy atom. The molecule has 0 radical (unpaired) electrons. The first-order valence-electron chi connectivity index (χ1n) is 7.76. The molecule has 3 rings (SSSR count). The highest BCUT2D eigenvalue weighted by Gasteiger charge is 2.11. The minimum absolute atomic E-state index is 0.00485. The zero-order valence-electron chi connectivity index (χ0n) is 13.8. The van der Waals surface area contributed by atoms with Gasteiger partial charge in [-0.3, -0.25) is 4.79 Å². The molecule has 0 aliphatic carbocycles. The van der Waals surface area contributed by atoms with E-state index >= 15 is 0 Å². The predicted molar refractivity (Wildman–Crippen MR) is 99.8 cm³/mol. The summed E-state index contributed by atoms with van der Waals surface area (Å²) in [4.78, 5) is 12.1. The molecule has 1 N–H and O–H groups in total. The normalized spacial score (nSPS) is 10.7. The summed E-state index contributed by atoms with van der Waals surface area (Å²) in [6.07, 6.45) is 0. The Kier molecular flexibility index (Phi) is 5.95. The number of aromatic nitrogens is 2. The number of nitrogens with zero attached hydrogens (tertiary/aromatic N) is 2. The van der Waals surface area contributed by atoms with E-state index in [2.05, 4.69) is 15.5 Å². The van der Waals surface area contributed by atoms with Crippen molar-refractivity contribution in [1.29, 1.82) is 0 Å². The number of carbonyl (C=O) groups excluding carboxylic acids is 1. The van der Waals surface area contributed by atoms with Crippen LogP contribution >= 0.6 is 23.1 Å². The van der Waals surface area contributed by atoms with Crippen molar-refractivity contribution in [2.75, 3.05) is 11.9 Å². The minimum atomic E-state index is -0.404. The number of carbonyl (C=O) groups is 1. The number of anilines is 1. The highest BCUT2D eigenvalue weighted by atomic mass is 32.2. The molecule has 0 amide bonds. The van der Waals surface area contributed by atoms with Crippen LogP contribution in [0.15, 0.2) is 46.8 Å². The van der Waals surface area contributed by atoms with Crippen molar-refractivity contribution in [3.63, 3.8) is 0 Å². The monoisotopic (exact) mass is 391 g/mol. The summed E-state index contributed by atoms with van der Waals surface area (Å²) < 4.78 is 27.8. The van der Waals surface area contributed by atoms with Gasteiger partial charge in [0.1, 0.15) is 11.6 Å². The van der Waals surface area contributed by atoms with Gasteiger partial charge >= 0.3 is 0 Å². The van der Waals surface area contributed by atoms with Crippen molar-refractivity contribution >= 4 is 34.0 Å². The van der Waals surface area contributed by atoms with Gasteiger partial charge in [-0.2, -0.15) is 0 Å². The third-order valence-corrected chi connectivity index (χ3v) is 5.67. The van der Waals surface area contributed by atoms with Crippen molar-refractivity contribution < 1.29 is 13.6 Å². The van der Waals surface area contributed by atoms with Crippen LogP contribution in [0.1, 0.15) is 21.5 Å². The van der Waals surface area contributed by atoms with E-state index in [1.807, 2.05) is 0 Å². The topological polar surface area (TPSA) is 54.9 Å². The first-order chi connectivity index (χ1) is 12.5. The zero-order valence-corrected chi connectivity index (χ0v) is 15.5. The maximum atomic E-state index is 13.6. The van der Waals surface area contributed by atoms with Crippen molar-refractivity contribution in [2.24, 2.45) is 0 Å². The van der Waals surface area contributed by atoms with Gasteiger partial charge in [-0.05, 0) is 30.2 Å². The van der Waals surface area contributed by atoms with Gasteiger partial charge in [0.2, 0.25) is 5.13 Å². The molecule has 0 bridgehead atoms. The van der Waals surface area contributed by atoms with Crippen LogP contribution in [0.3, 0.4) is 0 Å². The Labute approximate surface area is 157 Å². The van der Waals surface area contributed by atoms with E-state index in [9.17, 15) is 13.6 Å². The second kappa shape index (κ2) is 8.37. The molecule has 4 nitrogen and oxygen atoms in total. The van der Waals surface area contributed by atoms with Gasteiger partial charge < -0.3 is 5.32 Å². The van der Waals surface area contributed by atoms with Crippen molar-refractivity contribution in [3.05, 3.63) is 70.8 Å². The van der Waals surface area contributed by atoms with Crippen LogP contribution in [-0.4, -0.2) is 22.5 Å². The van der Waals surface area contributed by atoms with E-state index < -0.39 is 5.82 Å². The molecule has 0 saturated carbocycles. The fourth-order valence-corrected chi connectivity index (χ4v) is 3.85. The lowest BCUT2D eigenvalue weighted by atomic mass is 10.1. The van der Waals surface area contributed by atoms with E-state index in [1.54, 1.807) is 37.3 Å². The minimum Gasteiger partial charge on any atom is -0.353 e. The highest BCUT2D eigenvalue weighted by Crippen LogP contribution is 2.28. The Hall–Kier alpha value is -2.32. The number of rotatable bonds is 7. The lowest BCUT2D eigenvalue weighted by Crippen LogP contribution is -2.14. The van der Waals surface area contributed by atoms with Crippen LogP contribution in [0, 0.1) is 18.6 Å². The van der Waals surface area contributed by atoms with Crippen LogP contribution in [0.25, 0.3) is 0 Å². The quantitative estimate of drug-likeness (QED) is 0.467. The van der Waals surface area contributed by atoms with E-state index in [0.29, 0.717) is 31.9 Å². The maximum absolute atomic E-state index is 13.6. The third kappa shape index (κ3) is 4.64. The summed E-state index contributed by atoms with van der Waals surface area (Å²) >= 11 is 2.65. The molecule has 1 aromatic heterocycles. The molecule has 3 aromatic rings. The summed E-state index contributed by atoms with van der Waals surface area (Å²) in [5.74, 6) is -0.444. The lowest BCUT2D eigenvalue weighted by molar-refractivity contribution is 0.101. The number of Topliss-reactive ketones (excluding diaryl/α,β-unsaturated/α-hetero) is 1. The second-order valence-corrected chi connectivity index (χ2v) is 7.69. The Morgan fingerprint density at radius 1 is 1.15 bits per heavy atom. The fraction of sp³-hybridized carbons (Fsp3) is 0.167. The number of thioether (sulfide) groups is 1. The zero-order chi connectivity index (χ0) is 18.5. The molecule has 0 unspecified atom stereocenters. The molecule has 0 saturated heterocycles. The highest BCUT2D eigenvalue weighted by molar-refractivity contribution is 8.00. The number of aryl methyl sites for hydroxylation is 1. The van der Waals surface area contributed by atoms with Gasteiger partial charge in [-0.25, -0.2) is 8.78 Å². The summed E-state index contributed by atoms with van der Waals surface area (Å²) in [6, 6.07) is 11.0. The standard InChI is InChI=1S/C18H15F2N3OS2/c1-11-6-7-12(8-15(11)20)16(24)9-21-17-22-23-18(26-17)25-10-13-4-2-3-5-14(13)19/h2-8H,9-10H2,1H3,(H,21,22). The lowest BCUT2D eigenvalue weighted by Gasteiger charge is -2.03. The first-order valence-corrected chi connectivity index (χ1v) is 9.56. The smallest absolute Gasteiger partial charge is 0.206 e. The fourth-order valence-electron chi connectivity index (χ4n) is 2.12. The van der Waals surface area contributed by atoms with E-state index in [0.717, 1.165) is 0 Å². The summed E-state index contributed by atoms with van der Waals surface area (Å²) in [5.41, 5.74) is 1.40. The van der Waals surface area contributed by atoms with Gasteiger partial charge in [-0.15, -0.1) is 10.2 Å². The maximum Gasteiger partial charge on any atom is 0.206 e. The van der Waals surface area contributed by atoms with Crippen LogP contribution in [0.5, 0.6) is 0 Å². The Balaban J connectivity index is 1.54. The second-order valence-electron chi connectivity index (χ2n) is 5.49. The van der Waals surface area contributed by atoms with Gasteiger partial charge in [0.15, 0.2) is 10.1 Å². The molecule has 0 aliphatic heterocycles. The van der Waals surface area contributed by atoms with Crippen LogP contribution in [0.2, 0.25) is 0 Å². The number of ketones is 1. The molecule has 2 aromatic carbocycles. The molecule has 0 fully saturated rings. The van der Waals surface area contributed by atoms with E-state index in [4.69, 9.17) is 0 Å². The first kappa shape index (κ1) is 18.5. The SMILES string of the molecule is Cc1ccc(C(=O)CNc2nnc(SCc3ccccc3F)s2)cc1F. The van der Waals surface area contributed by atoms with Crippen LogP contribution in [0.4, 0.5) is 13.9 Å². The molecule has 0 atom stereocenters. The molecule has 1 heterocycles. The Bertz CT molecular complexity index is 930. The van der Waals surface area contributed by atoms with Crippen molar-refractivity contribution in [3.8, 4) is 0 Å². The van der Waals surface area contributed by atoms with E-state index in [-0.39, 0.29) is 18.1 Å². The van der Waals surface area contributed by atoms with Gasteiger partial charge in [-0.1, -0.05) is 53.4 Å². The molecular weight excluding hydrogens is 376 g/mol. The number of hydrogen-bond donors (Lipinski definition) is 1. The van der Waals surface area contributed by atoms with Crippen LogP contribution in [-0.2, 0) is 5.75 Å². The molecule has 0 aliphatic rings. The van der Waals surface area contributed by atoms with Gasteiger partial charge in [0.25, 0.3) is 0 Å². The average molecular weight is 391 g/mol. The summed E-state index contributed by atoms with van der Waals surface area (Å²) in [5, 5.41) is 11.4. The molecule has 8 heteroatoms. The van der Waals surface area contributed by atoms with Crippen LogP contribution < -0.4 is 5.32 Å². The third-order valence-electron chi connectivity index (χ3n) is 3.61. The van der Waals surface area contributed by atoms with Crippen molar-refractivity contribution in [1.82, 2.24) is 10.2 Å². The van der Waals surface area contributed by atoms with Gasteiger partial charge in [0, 0.05) is 11.3 Å². The number of hydrogen-bond acceptors (Lipinski definition) is 6. The molecule has 26 heavy (non-hydrogen) atoms. The molecule has 0 spiro atoms. The summed E-state index contributed by atoms with van der Waals surface area (Å²) in [7, 11) is 0. The van der Waals surface area contributed by atoms with Gasteiger partial charge in [0.05, 0.1) is 6.54 Å². The molecule has 134 valence electrons. The average Bonchev–Trinajstić information content (AvgIpc) is 3.09. The molecular formula is C18H15F2N3OS2. The summed E-state index contributed by atoms with van der Waals surface area (Å²) in [6.45, 7) is 1.64. The Morgan fingerprint density at radius 3 is 2.73 bits per heavy atom. The van der Waals surface area contributed by atoms with Crippen molar-refractivity contribution in [2.45, 2.75) is 17.0 Å².